The minimum absolute atomic E-state index is 0.127. The number of primary amides is 1. The molecule has 1 aliphatic rings. The molecule has 1 saturated heterocycles. The number of nitrogens with one attached hydrogen (secondary N) is 1. The molecule has 1 atom stereocenters. The van der Waals surface area contributed by atoms with Gasteiger partial charge in [-0.25, -0.2) is 0 Å². The average Bonchev–Trinajstić information content (AvgIpc) is 2.88. The van der Waals surface area contributed by atoms with E-state index in [1.54, 1.807) is 11.0 Å². The molecule has 1 fully saturated rings. The van der Waals surface area contributed by atoms with Crippen molar-refractivity contribution in [3.05, 3.63) is 29.8 Å². The molecule has 1 aliphatic heterocycles. The molecule has 0 aromatic heterocycles. The molecule has 1 heterocycles. The van der Waals surface area contributed by atoms with E-state index in [1.165, 1.54) is 0 Å². The molecule has 5 heteroatoms. The number of likely N-dealkylation sites (tertiary alicyclic amines) is 1. The summed E-state index contributed by atoms with van der Waals surface area (Å²) in [5, 5.41) is 3.16. The van der Waals surface area contributed by atoms with E-state index in [4.69, 9.17) is 5.73 Å². The van der Waals surface area contributed by atoms with Crippen molar-refractivity contribution >= 4 is 17.5 Å². The number of para-hydroxylation sites is 1. The second kappa shape index (κ2) is 5.73. The quantitative estimate of drug-likeness (QED) is 0.855. The van der Waals surface area contributed by atoms with E-state index in [0.717, 1.165) is 18.7 Å². The zero-order chi connectivity index (χ0) is 13.8. The van der Waals surface area contributed by atoms with Crippen LogP contribution in [0.3, 0.4) is 0 Å². The van der Waals surface area contributed by atoms with Crippen LogP contribution in [0.5, 0.6) is 0 Å². The molecule has 5 nitrogen and oxygen atoms in total. The van der Waals surface area contributed by atoms with Gasteiger partial charge in [-0.3, -0.25) is 9.59 Å². The van der Waals surface area contributed by atoms with Crippen molar-refractivity contribution in [1.82, 2.24) is 4.90 Å². The van der Waals surface area contributed by atoms with Gasteiger partial charge < -0.3 is 16.0 Å². The minimum atomic E-state index is -0.470. The molecule has 3 N–H and O–H groups in total. The number of rotatable bonds is 4. The summed E-state index contributed by atoms with van der Waals surface area (Å²) in [5.74, 6) is -0.551. The van der Waals surface area contributed by atoms with Crippen molar-refractivity contribution in [2.45, 2.75) is 25.8 Å². The fourth-order valence-corrected chi connectivity index (χ4v) is 2.47. The van der Waals surface area contributed by atoms with Gasteiger partial charge in [0, 0.05) is 18.8 Å². The maximum atomic E-state index is 12.5. The molecule has 2 rings (SSSR count). The number of carbonyl (C=O) groups is 2. The van der Waals surface area contributed by atoms with Crippen LogP contribution in [0.1, 0.15) is 30.1 Å². The number of hydrogen-bond donors (Lipinski definition) is 2. The fourth-order valence-electron chi connectivity index (χ4n) is 2.47. The third-order valence-corrected chi connectivity index (χ3v) is 3.37. The van der Waals surface area contributed by atoms with E-state index in [9.17, 15) is 9.59 Å². The van der Waals surface area contributed by atoms with Gasteiger partial charge in [0.1, 0.15) is 6.04 Å². The van der Waals surface area contributed by atoms with Crippen LogP contribution in [0, 0.1) is 0 Å². The Balaban J connectivity index is 2.26. The number of benzene rings is 1. The molecule has 0 aliphatic carbocycles. The van der Waals surface area contributed by atoms with Gasteiger partial charge >= 0.3 is 0 Å². The summed E-state index contributed by atoms with van der Waals surface area (Å²) in [6.07, 6.45) is 1.48. The van der Waals surface area contributed by atoms with Gasteiger partial charge in [-0.1, -0.05) is 12.1 Å². The van der Waals surface area contributed by atoms with Crippen molar-refractivity contribution in [3.8, 4) is 0 Å². The molecule has 0 spiro atoms. The van der Waals surface area contributed by atoms with Crippen LogP contribution < -0.4 is 11.1 Å². The summed E-state index contributed by atoms with van der Waals surface area (Å²) in [6, 6.07) is 6.87. The number of hydrogen-bond acceptors (Lipinski definition) is 3. The normalized spacial score (nSPS) is 18.4. The third kappa shape index (κ3) is 2.70. The number of amides is 2. The first-order chi connectivity index (χ1) is 9.15. The zero-order valence-electron chi connectivity index (χ0n) is 11.1. The molecule has 102 valence electrons. The lowest BCUT2D eigenvalue weighted by Crippen LogP contribution is -2.43. The van der Waals surface area contributed by atoms with E-state index in [0.29, 0.717) is 18.5 Å². The van der Waals surface area contributed by atoms with Gasteiger partial charge in [0.05, 0.1) is 5.56 Å². The Labute approximate surface area is 112 Å². The Bertz CT molecular complexity index is 487. The van der Waals surface area contributed by atoms with Crippen LogP contribution in [-0.4, -0.2) is 35.8 Å². The largest absolute Gasteiger partial charge is 0.385 e. The van der Waals surface area contributed by atoms with Crippen LogP contribution in [0.25, 0.3) is 0 Å². The van der Waals surface area contributed by atoms with Crippen LogP contribution in [0.2, 0.25) is 0 Å². The lowest BCUT2D eigenvalue weighted by atomic mass is 10.1. The molecule has 19 heavy (non-hydrogen) atoms. The average molecular weight is 261 g/mol. The van der Waals surface area contributed by atoms with Crippen LogP contribution in [0.15, 0.2) is 24.3 Å². The van der Waals surface area contributed by atoms with E-state index in [2.05, 4.69) is 5.32 Å². The number of nitrogens with zero attached hydrogens (tertiary/aromatic N) is 1. The van der Waals surface area contributed by atoms with E-state index in [1.807, 2.05) is 25.1 Å². The second-order valence-corrected chi connectivity index (χ2v) is 4.63. The number of anilines is 1. The lowest BCUT2D eigenvalue weighted by molar-refractivity contribution is -0.121. The lowest BCUT2D eigenvalue weighted by Gasteiger charge is -2.23. The highest BCUT2D eigenvalue weighted by molar-refractivity contribution is 6.01. The molecule has 1 aromatic rings. The summed E-state index contributed by atoms with van der Waals surface area (Å²) in [4.78, 5) is 25.5. The molecule has 0 bridgehead atoms. The number of carbonyl (C=O) groups excluding carboxylic acids is 2. The molecule has 0 radical (unpaired) electrons. The standard InChI is InChI=1S/C14H19N3O2/c1-2-16-11-7-4-3-6-10(11)14(19)17-9-5-8-12(17)13(15)18/h3-4,6-7,12,16H,2,5,8-9H2,1H3,(H2,15,18). The summed E-state index contributed by atoms with van der Waals surface area (Å²) in [7, 11) is 0. The van der Waals surface area contributed by atoms with E-state index >= 15 is 0 Å². The Hall–Kier alpha value is -2.04. The van der Waals surface area contributed by atoms with Gasteiger partial charge in [0.15, 0.2) is 0 Å². The van der Waals surface area contributed by atoms with Gasteiger partial charge in [-0.2, -0.15) is 0 Å². The maximum Gasteiger partial charge on any atom is 0.256 e. The summed E-state index contributed by atoms with van der Waals surface area (Å²) < 4.78 is 0. The zero-order valence-corrected chi connectivity index (χ0v) is 11.1. The van der Waals surface area contributed by atoms with Gasteiger partial charge in [0.25, 0.3) is 5.91 Å². The topological polar surface area (TPSA) is 75.4 Å². The van der Waals surface area contributed by atoms with Crippen LogP contribution in [0.4, 0.5) is 5.69 Å². The minimum Gasteiger partial charge on any atom is -0.385 e. The van der Waals surface area contributed by atoms with E-state index < -0.39 is 11.9 Å². The SMILES string of the molecule is CCNc1ccccc1C(=O)N1CCCC1C(N)=O. The Morgan fingerprint density at radius 3 is 2.84 bits per heavy atom. The van der Waals surface area contributed by atoms with Crippen LogP contribution in [-0.2, 0) is 4.79 Å². The number of nitrogens with two attached hydrogens (primary N) is 1. The molecule has 1 aromatic carbocycles. The second-order valence-electron chi connectivity index (χ2n) is 4.63. The highest BCUT2D eigenvalue weighted by Gasteiger charge is 2.33. The first kappa shape index (κ1) is 13.4. The van der Waals surface area contributed by atoms with Crippen molar-refractivity contribution in [1.29, 1.82) is 0 Å². The molecule has 2 amide bonds. The first-order valence-corrected chi connectivity index (χ1v) is 6.58. The van der Waals surface area contributed by atoms with Gasteiger partial charge in [-0.15, -0.1) is 0 Å². The first-order valence-electron chi connectivity index (χ1n) is 6.58. The van der Waals surface area contributed by atoms with E-state index in [-0.39, 0.29) is 5.91 Å². The Morgan fingerprint density at radius 1 is 1.42 bits per heavy atom. The monoisotopic (exact) mass is 261 g/mol. The van der Waals surface area contributed by atoms with Crippen molar-refractivity contribution in [3.63, 3.8) is 0 Å². The third-order valence-electron chi connectivity index (χ3n) is 3.37. The highest BCUT2D eigenvalue weighted by Crippen LogP contribution is 2.23. The summed E-state index contributed by atoms with van der Waals surface area (Å²) in [6.45, 7) is 3.31. The highest BCUT2D eigenvalue weighted by atomic mass is 16.2. The summed E-state index contributed by atoms with van der Waals surface area (Å²) in [5.41, 5.74) is 6.74. The summed E-state index contributed by atoms with van der Waals surface area (Å²) >= 11 is 0. The fraction of sp³-hybridized carbons (Fsp3) is 0.429. The van der Waals surface area contributed by atoms with Crippen molar-refractivity contribution < 1.29 is 9.59 Å². The van der Waals surface area contributed by atoms with Crippen LogP contribution >= 0.6 is 0 Å². The maximum absolute atomic E-state index is 12.5. The van der Waals surface area contributed by atoms with Crippen molar-refractivity contribution in [2.24, 2.45) is 5.73 Å². The molecular formula is C14H19N3O2. The van der Waals surface area contributed by atoms with Gasteiger partial charge in [-0.05, 0) is 31.9 Å². The van der Waals surface area contributed by atoms with Crippen molar-refractivity contribution in [2.75, 3.05) is 18.4 Å². The smallest absolute Gasteiger partial charge is 0.256 e. The predicted molar refractivity (Wildman–Crippen MR) is 73.9 cm³/mol. The Morgan fingerprint density at radius 2 is 2.16 bits per heavy atom. The molecule has 1 unspecified atom stereocenters. The molecule has 0 saturated carbocycles. The van der Waals surface area contributed by atoms with Gasteiger partial charge in [0.2, 0.25) is 5.91 Å². The predicted octanol–water partition coefficient (Wildman–Crippen LogP) is 1.21. The Kier molecular flexibility index (Phi) is 4.04. The molecular weight excluding hydrogens is 242 g/mol.